The first-order valence-electron chi connectivity index (χ1n) is 9.26. The maximum Gasteiger partial charge on any atom is 0.412 e. The van der Waals surface area contributed by atoms with E-state index in [2.05, 4.69) is 25.6 Å². The number of rotatable bonds is 6. The van der Waals surface area contributed by atoms with Crippen molar-refractivity contribution >= 4 is 77.5 Å². The van der Waals surface area contributed by atoms with Crippen molar-refractivity contribution in [3.63, 3.8) is 0 Å². The summed E-state index contributed by atoms with van der Waals surface area (Å²) in [6.45, 7) is 7.16. The number of anilines is 1. The van der Waals surface area contributed by atoms with E-state index in [1.54, 1.807) is 27.7 Å². The monoisotopic (exact) mass is 547 g/mol. The van der Waals surface area contributed by atoms with Gasteiger partial charge in [-0.15, -0.1) is 22.7 Å². The van der Waals surface area contributed by atoms with Gasteiger partial charge < -0.3 is 20.3 Å². The van der Waals surface area contributed by atoms with Gasteiger partial charge in [-0.1, -0.05) is 6.07 Å². The number of carbonyl (C=O) groups excluding carboxylic acids is 1. The fourth-order valence-corrected chi connectivity index (χ4v) is 6.68. The number of hydrogen-bond donors (Lipinski definition) is 3. The second kappa shape index (κ2) is 9.41. The van der Waals surface area contributed by atoms with Crippen molar-refractivity contribution in [3.05, 3.63) is 31.7 Å². The molecule has 3 aromatic heterocycles. The zero-order valence-electron chi connectivity index (χ0n) is 17.2. The molecule has 0 saturated carbocycles. The number of alkyl carbamates (subject to hydrolysis) is 1. The van der Waals surface area contributed by atoms with E-state index in [4.69, 9.17) is 4.74 Å². The molecule has 3 rings (SSSR count). The average molecular weight is 549 g/mol. The van der Waals surface area contributed by atoms with Crippen LogP contribution >= 0.6 is 50.1 Å². The Hall–Kier alpha value is -1.73. The Bertz CT molecular complexity index is 1070. The first kappa shape index (κ1) is 23.9. The fraction of sp³-hybridized carbons (Fsp3) is 0.421. The number of fused-ring (bicyclic) bond motifs is 1. The van der Waals surface area contributed by atoms with Crippen molar-refractivity contribution in [2.24, 2.45) is 0 Å². The van der Waals surface area contributed by atoms with Gasteiger partial charge in [0.05, 0.1) is 26.6 Å². The summed E-state index contributed by atoms with van der Waals surface area (Å²) in [5, 5.41) is 25.6. The van der Waals surface area contributed by atoms with Gasteiger partial charge in [0.25, 0.3) is 0 Å². The van der Waals surface area contributed by atoms with Gasteiger partial charge in [-0.25, -0.2) is 9.59 Å². The van der Waals surface area contributed by atoms with Crippen LogP contribution in [0, 0.1) is 0 Å². The molecule has 0 aliphatic heterocycles. The smallest absolute Gasteiger partial charge is 0.412 e. The maximum absolute atomic E-state index is 12.0. The van der Waals surface area contributed by atoms with Crippen LogP contribution in [-0.4, -0.2) is 38.4 Å². The minimum atomic E-state index is -1.08. The number of amides is 2. The largest absolute Gasteiger partial charge is 0.465 e. The van der Waals surface area contributed by atoms with E-state index in [9.17, 15) is 19.8 Å². The van der Waals surface area contributed by atoms with Crippen LogP contribution in [-0.2, 0) is 11.3 Å². The molecular formula is C19H22BrN3O5S3. The average Bonchev–Trinajstić information content (AvgIpc) is 3.36. The van der Waals surface area contributed by atoms with Gasteiger partial charge >= 0.3 is 12.2 Å². The molecule has 3 N–H and O–H groups in total. The molecule has 2 amide bonds. The minimum absolute atomic E-state index is 0.217. The van der Waals surface area contributed by atoms with Crippen molar-refractivity contribution in [1.82, 2.24) is 9.69 Å². The van der Waals surface area contributed by atoms with E-state index in [0.717, 1.165) is 16.4 Å². The highest BCUT2D eigenvalue weighted by Gasteiger charge is 2.30. The molecule has 168 valence electrons. The summed E-state index contributed by atoms with van der Waals surface area (Å²) in [5.74, 6) is 0. The molecular weight excluding hydrogens is 526 g/mol. The number of nitrogens with one attached hydrogen (secondary N) is 1. The number of carboxylic acid groups (broad SMARTS) is 1. The lowest BCUT2D eigenvalue weighted by molar-refractivity contribution is 0.0438. The standard InChI is InChI=1S/C19H22BrN3O5S3/c1-9(21-17(25)28-19(2,3)4)13(24)14-11(20)12-15(30-14)16(31-22-12)23(18(26)27)8-10-6-5-7-29-10/h5-7,9,13,24H,8H2,1-4H3,(H,21,25)(H,26,27)/t9-,13?/m0/s1. The first-order valence-corrected chi connectivity index (χ1v) is 12.5. The third-order valence-corrected chi connectivity index (χ3v) is 8.31. The topological polar surface area (TPSA) is 112 Å². The lowest BCUT2D eigenvalue weighted by Crippen LogP contribution is -2.40. The number of aliphatic hydroxyl groups is 1. The van der Waals surface area contributed by atoms with Crippen molar-refractivity contribution in [3.8, 4) is 0 Å². The summed E-state index contributed by atoms with van der Waals surface area (Å²) in [6.07, 6.45) is -2.74. The highest BCUT2D eigenvalue weighted by Crippen LogP contribution is 2.46. The predicted molar refractivity (Wildman–Crippen MR) is 128 cm³/mol. The van der Waals surface area contributed by atoms with E-state index in [1.807, 2.05) is 17.5 Å². The van der Waals surface area contributed by atoms with Crippen LogP contribution in [0.3, 0.4) is 0 Å². The van der Waals surface area contributed by atoms with Crippen molar-refractivity contribution in [2.45, 2.75) is 52.0 Å². The number of aliphatic hydroxyl groups excluding tert-OH is 1. The molecule has 1 unspecified atom stereocenters. The summed E-state index contributed by atoms with van der Waals surface area (Å²) in [7, 11) is 0. The third-order valence-electron chi connectivity index (χ3n) is 4.13. The van der Waals surface area contributed by atoms with Crippen LogP contribution in [0.15, 0.2) is 22.0 Å². The van der Waals surface area contributed by atoms with Gasteiger partial charge in [0.1, 0.15) is 22.2 Å². The third kappa shape index (κ3) is 5.55. The second-order valence-corrected chi connectivity index (χ2v) is 11.4. The number of ether oxygens (including phenoxy) is 1. The Labute approximate surface area is 199 Å². The van der Waals surface area contributed by atoms with E-state index in [0.29, 0.717) is 24.6 Å². The Balaban J connectivity index is 1.86. The first-order chi connectivity index (χ1) is 14.5. The molecule has 0 bridgehead atoms. The van der Waals surface area contributed by atoms with Crippen LogP contribution in [0.1, 0.15) is 43.6 Å². The van der Waals surface area contributed by atoms with Crippen molar-refractivity contribution in [1.29, 1.82) is 0 Å². The van der Waals surface area contributed by atoms with Crippen molar-refractivity contribution in [2.75, 3.05) is 4.90 Å². The van der Waals surface area contributed by atoms with Crippen LogP contribution in [0.4, 0.5) is 14.6 Å². The lowest BCUT2D eigenvalue weighted by atomic mass is 10.1. The Morgan fingerprint density at radius 2 is 2.10 bits per heavy atom. The number of thiophene rings is 2. The van der Waals surface area contributed by atoms with Gasteiger partial charge in [-0.3, -0.25) is 4.90 Å². The van der Waals surface area contributed by atoms with E-state index < -0.39 is 29.9 Å². The maximum atomic E-state index is 12.0. The molecule has 0 saturated heterocycles. The Morgan fingerprint density at radius 3 is 2.68 bits per heavy atom. The second-order valence-electron chi connectivity index (χ2n) is 7.77. The molecule has 12 heteroatoms. The SMILES string of the molecule is C[C@H](NC(=O)OC(C)(C)C)C(O)c1sc2c(N(Cc3cccs3)C(=O)O)snc2c1Br. The Kier molecular flexibility index (Phi) is 7.26. The van der Waals surface area contributed by atoms with Gasteiger partial charge in [-0.05, 0) is 66.6 Å². The van der Waals surface area contributed by atoms with Crippen LogP contribution in [0.2, 0.25) is 0 Å². The van der Waals surface area contributed by atoms with E-state index >= 15 is 0 Å². The van der Waals surface area contributed by atoms with Crippen molar-refractivity contribution < 1.29 is 24.5 Å². The quantitative estimate of drug-likeness (QED) is 0.358. The lowest BCUT2D eigenvalue weighted by Gasteiger charge is -2.24. The molecule has 31 heavy (non-hydrogen) atoms. The summed E-state index contributed by atoms with van der Waals surface area (Å²) in [6, 6.07) is 3.11. The van der Waals surface area contributed by atoms with Crippen LogP contribution in [0.5, 0.6) is 0 Å². The van der Waals surface area contributed by atoms with Crippen LogP contribution < -0.4 is 10.2 Å². The van der Waals surface area contributed by atoms with E-state index in [-0.39, 0.29) is 6.54 Å². The molecule has 0 aliphatic carbocycles. The minimum Gasteiger partial charge on any atom is -0.465 e. The zero-order chi connectivity index (χ0) is 22.9. The molecule has 0 spiro atoms. The normalized spacial score (nSPS) is 13.7. The number of nitrogens with zero attached hydrogens (tertiary/aromatic N) is 2. The number of halogens is 1. The summed E-state index contributed by atoms with van der Waals surface area (Å²) in [4.78, 5) is 26.7. The highest BCUT2D eigenvalue weighted by atomic mass is 79.9. The zero-order valence-corrected chi connectivity index (χ0v) is 21.2. The molecule has 0 aromatic carbocycles. The van der Waals surface area contributed by atoms with Gasteiger partial charge in [-0.2, -0.15) is 4.37 Å². The Morgan fingerprint density at radius 1 is 1.39 bits per heavy atom. The fourth-order valence-electron chi connectivity index (χ4n) is 2.72. The summed E-state index contributed by atoms with van der Waals surface area (Å²) >= 11 is 7.31. The molecule has 3 aromatic rings. The molecule has 0 aliphatic rings. The number of carbonyl (C=O) groups is 2. The van der Waals surface area contributed by atoms with Gasteiger partial charge in [0.2, 0.25) is 0 Å². The summed E-state index contributed by atoms with van der Waals surface area (Å²) in [5.41, 5.74) is -0.0663. The number of aromatic nitrogens is 1. The number of hydrogen-bond acceptors (Lipinski definition) is 8. The predicted octanol–water partition coefficient (Wildman–Crippen LogP) is 5.81. The molecule has 2 atom stereocenters. The molecule has 3 heterocycles. The van der Waals surface area contributed by atoms with Gasteiger partial charge in [0, 0.05) is 4.88 Å². The van der Waals surface area contributed by atoms with E-state index in [1.165, 1.54) is 27.6 Å². The molecule has 0 fully saturated rings. The van der Waals surface area contributed by atoms with Gasteiger partial charge in [0.15, 0.2) is 0 Å². The summed E-state index contributed by atoms with van der Waals surface area (Å²) < 4.78 is 10.9. The van der Waals surface area contributed by atoms with Crippen LogP contribution in [0.25, 0.3) is 10.2 Å². The molecule has 8 nitrogen and oxygen atoms in total. The molecule has 0 radical (unpaired) electrons. The highest BCUT2D eigenvalue weighted by molar-refractivity contribution is 9.10.